The van der Waals surface area contributed by atoms with Crippen molar-refractivity contribution in [2.75, 3.05) is 0 Å². The molecule has 1 aromatic rings. The summed E-state index contributed by atoms with van der Waals surface area (Å²) in [7, 11) is -4.02. The van der Waals surface area contributed by atoms with Crippen molar-refractivity contribution in [3.8, 4) is 5.75 Å². The molecule has 0 aliphatic carbocycles. The lowest BCUT2D eigenvalue weighted by Crippen LogP contribution is -2.34. The summed E-state index contributed by atoms with van der Waals surface area (Å²) >= 11 is 0. The molecule has 0 spiro atoms. The molecule has 16 heavy (non-hydrogen) atoms. The molecule has 1 aromatic carbocycles. The average molecular weight is 246 g/mol. The number of aromatic hydroxyl groups is 1. The highest BCUT2D eigenvalue weighted by molar-refractivity contribution is 7.86. The predicted octanol–water partition coefficient (Wildman–Crippen LogP) is -1.21. The molecule has 0 saturated carbocycles. The van der Waals surface area contributed by atoms with E-state index in [9.17, 15) is 8.42 Å². The van der Waals surface area contributed by atoms with Gasteiger partial charge >= 0.3 is 10.1 Å². The highest BCUT2D eigenvalue weighted by Gasteiger charge is 2.15. The van der Waals surface area contributed by atoms with Crippen LogP contribution in [0.1, 0.15) is 0 Å². The second kappa shape index (κ2) is 4.68. The first-order valence-corrected chi connectivity index (χ1v) is 5.38. The van der Waals surface area contributed by atoms with Gasteiger partial charge in [-0.15, -0.1) is 9.39 Å². The summed E-state index contributed by atoms with van der Waals surface area (Å²) in [4.78, 5) is -0.150. The van der Waals surface area contributed by atoms with Crippen LogP contribution in [0.2, 0.25) is 0 Å². The van der Waals surface area contributed by atoms with E-state index in [-0.39, 0.29) is 16.6 Å². The number of hydroxylamine groups is 1. The van der Waals surface area contributed by atoms with Crippen LogP contribution in [0.15, 0.2) is 34.3 Å². The maximum Gasteiger partial charge on any atom is 0.317 e. The van der Waals surface area contributed by atoms with Gasteiger partial charge in [-0.1, -0.05) is 0 Å². The summed E-state index contributed by atoms with van der Waals surface area (Å²) in [5.41, 5.74) is 6.90. The fourth-order valence-electron chi connectivity index (χ4n) is 0.785. The summed E-state index contributed by atoms with van der Waals surface area (Å²) in [5.74, 6) is 4.31. The van der Waals surface area contributed by atoms with Gasteiger partial charge in [0, 0.05) is 0 Å². The fourth-order valence-corrected chi connectivity index (χ4v) is 1.55. The summed E-state index contributed by atoms with van der Waals surface area (Å²) in [6, 6.07) is 4.75. The van der Waals surface area contributed by atoms with Crippen LogP contribution in [0.4, 0.5) is 0 Å². The molecule has 0 aromatic heterocycles. The molecule has 0 aliphatic rings. The van der Waals surface area contributed by atoms with Crippen molar-refractivity contribution in [1.29, 1.82) is 0 Å². The molecule has 8 nitrogen and oxygen atoms in total. The Morgan fingerprint density at radius 2 is 1.94 bits per heavy atom. The van der Waals surface area contributed by atoms with Crippen LogP contribution in [-0.4, -0.2) is 19.5 Å². The van der Waals surface area contributed by atoms with Crippen LogP contribution in [-0.2, 0) is 14.4 Å². The fraction of sp³-hybridized carbons (Fsp3) is 0. The van der Waals surface area contributed by atoms with E-state index in [1.165, 1.54) is 24.3 Å². The minimum atomic E-state index is -4.02. The van der Waals surface area contributed by atoms with Crippen LogP contribution in [0, 0.1) is 0 Å². The molecule has 0 unspecified atom stereocenters. The molecule has 6 N–H and O–H groups in total. The van der Waals surface area contributed by atoms with E-state index in [0.29, 0.717) is 0 Å². The minimum Gasteiger partial charge on any atom is -0.508 e. The molecule has 9 heteroatoms. The smallest absolute Gasteiger partial charge is 0.317 e. The number of phenolic OH excluding ortho intramolecular Hbond substituents is 1. The van der Waals surface area contributed by atoms with Crippen molar-refractivity contribution < 1.29 is 17.8 Å². The normalized spacial score (nSPS) is 12.4. The van der Waals surface area contributed by atoms with E-state index >= 15 is 0 Å². The molecule has 0 saturated heterocycles. The highest BCUT2D eigenvalue weighted by atomic mass is 32.2. The van der Waals surface area contributed by atoms with Gasteiger partial charge < -0.3 is 16.7 Å². The largest absolute Gasteiger partial charge is 0.508 e. The van der Waals surface area contributed by atoms with E-state index < -0.39 is 10.1 Å². The van der Waals surface area contributed by atoms with E-state index in [1.54, 1.807) is 0 Å². The van der Waals surface area contributed by atoms with Crippen LogP contribution >= 0.6 is 0 Å². The van der Waals surface area contributed by atoms with Gasteiger partial charge in [-0.3, -0.25) is 0 Å². The van der Waals surface area contributed by atoms with Crippen LogP contribution in [0.5, 0.6) is 5.75 Å². The van der Waals surface area contributed by atoms with Crippen molar-refractivity contribution in [1.82, 2.24) is 5.48 Å². The number of hydrazone groups is 1. The van der Waals surface area contributed by atoms with Crippen molar-refractivity contribution in [2.24, 2.45) is 16.7 Å². The Morgan fingerprint density at radius 3 is 2.44 bits per heavy atom. The first kappa shape index (κ1) is 12.1. The maximum atomic E-state index is 11.4. The van der Waals surface area contributed by atoms with E-state index in [1.807, 2.05) is 5.48 Å². The number of phenols is 1. The zero-order valence-corrected chi connectivity index (χ0v) is 8.81. The minimum absolute atomic E-state index is 0.0602. The quantitative estimate of drug-likeness (QED) is 0.227. The van der Waals surface area contributed by atoms with E-state index in [2.05, 4.69) is 9.39 Å². The molecule has 0 heterocycles. The monoisotopic (exact) mass is 246 g/mol. The SMILES string of the molecule is NN=C(N)NOS(=O)(=O)c1ccc(O)cc1. The highest BCUT2D eigenvalue weighted by Crippen LogP contribution is 2.15. The zero-order valence-electron chi connectivity index (χ0n) is 7.99. The Labute approximate surface area is 91.6 Å². The number of nitrogens with two attached hydrogens (primary N) is 2. The van der Waals surface area contributed by atoms with Crippen LogP contribution in [0.25, 0.3) is 0 Å². The maximum absolute atomic E-state index is 11.4. The van der Waals surface area contributed by atoms with Crippen LogP contribution in [0.3, 0.4) is 0 Å². The molecule has 0 fully saturated rings. The second-order valence-electron chi connectivity index (χ2n) is 2.65. The third-order valence-corrected chi connectivity index (χ3v) is 2.67. The van der Waals surface area contributed by atoms with Gasteiger partial charge in [0.25, 0.3) is 0 Å². The molecule has 0 amide bonds. The molecule has 0 aliphatic heterocycles. The second-order valence-corrected chi connectivity index (χ2v) is 4.19. The van der Waals surface area contributed by atoms with Gasteiger partial charge in [0.2, 0.25) is 5.96 Å². The van der Waals surface area contributed by atoms with E-state index in [0.717, 1.165) is 0 Å². The van der Waals surface area contributed by atoms with Gasteiger partial charge in [-0.25, -0.2) is 5.48 Å². The Morgan fingerprint density at radius 1 is 1.38 bits per heavy atom. The van der Waals surface area contributed by atoms with Gasteiger partial charge in [0.05, 0.1) is 4.90 Å². The molecule has 0 bridgehead atoms. The molecule has 88 valence electrons. The van der Waals surface area contributed by atoms with Gasteiger partial charge in [0.1, 0.15) is 5.75 Å². The number of nitrogens with one attached hydrogen (secondary N) is 1. The molecular weight excluding hydrogens is 236 g/mol. The van der Waals surface area contributed by atoms with Crippen molar-refractivity contribution >= 4 is 16.1 Å². The Kier molecular flexibility index (Phi) is 3.53. The summed E-state index contributed by atoms with van der Waals surface area (Å²) in [6.07, 6.45) is 0. The van der Waals surface area contributed by atoms with Crippen molar-refractivity contribution in [3.05, 3.63) is 24.3 Å². The van der Waals surface area contributed by atoms with Crippen molar-refractivity contribution in [2.45, 2.75) is 4.90 Å². The van der Waals surface area contributed by atoms with Crippen molar-refractivity contribution in [3.63, 3.8) is 0 Å². The predicted molar refractivity (Wildman–Crippen MR) is 55.3 cm³/mol. The standard InChI is InChI=1S/C7H10N4O4S/c8-7(10-9)11-15-16(13,14)6-3-1-5(12)2-4-6/h1-4,12H,9H2,(H3,8,10,11). The van der Waals surface area contributed by atoms with Gasteiger partial charge in [-0.2, -0.15) is 8.42 Å². The third-order valence-electron chi connectivity index (χ3n) is 1.52. The summed E-state index contributed by atoms with van der Waals surface area (Å²) in [5, 5.41) is 11.9. The molecule has 0 atom stereocenters. The topological polar surface area (TPSA) is 140 Å². The number of rotatable bonds is 3. The number of guanidine groups is 1. The number of hydrogen-bond acceptors (Lipinski definition) is 6. The number of benzene rings is 1. The average Bonchev–Trinajstić information content (AvgIpc) is 2.26. The van der Waals surface area contributed by atoms with Gasteiger partial charge in [0.15, 0.2) is 0 Å². The Hall–Kier alpha value is -2.00. The first-order valence-electron chi connectivity index (χ1n) is 3.97. The number of hydrogen-bond donors (Lipinski definition) is 4. The van der Waals surface area contributed by atoms with E-state index in [4.69, 9.17) is 16.7 Å². The summed E-state index contributed by atoms with van der Waals surface area (Å²) < 4.78 is 27.2. The zero-order chi connectivity index (χ0) is 12.2. The summed E-state index contributed by atoms with van der Waals surface area (Å²) in [6.45, 7) is 0. The Bertz CT molecular complexity index is 482. The lowest BCUT2D eigenvalue weighted by atomic mass is 10.3. The molecular formula is C7H10N4O4S. The molecule has 1 rings (SSSR count). The third kappa shape index (κ3) is 3.00. The lowest BCUT2D eigenvalue weighted by molar-refractivity contribution is 0.266. The van der Waals surface area contributed by atoms with Gasteiger partial charge in [-0.05, 0) is 24.3 Å². The first-order chi connectivity index (χ1) is 7.45. The van der Waals surface area contributed by atoms with Crippen LogP contribution < -0.4 is 17.1 Å². The lowest BCUT2D eigenvalue weighted by Gasteiger charge is -2.05. The molecule has 0 radical (unpaired) electrons. The number of nitrogens with zero attached hydrogens (tertiary/aromatic N) is 1. The Balaban J connectivity index is 2.82.